The first-order valence-corrected chi connectivity index (χ1v) is 10.6. The van der Waals surface area contributed by atoms with Crippen molar-refractivity contribution in [2.24, 2.45) is 5.73 Å². The number of benzene rings is 2. The molecule has 1 amide bonds. The predicted molar refractivity (Wildman–Crippen MR) is 122 cm³/mol. The van der Waals surface area contributed by atoms with Crippen LogP contribution in [0.4, 0.5) is 5.95 Å². The third-order valence-electron chi connectivity index (χ3n) is 5.02. The third kappa shape index (κ3) is 4.24. The first-order valence-electron chi connectivity index (χ1n) is 9.89. The highest BCUT2D eigenvalue weighted by Gasteiger charge is 2.32. The smallest absolute Gasteiger partial charge is 0.248 e. The number of fused-ring (bicyclic) bond motifs is 1. The Balaban J connectivity index is 1.68. The topological polar surface area (TPSA) is 104 Å². The molecule has 1 aliphatic heterocycles. The van der Waals surface area contributed by atoms with Gasteiger partial charge in [0.25, 0.3) is 0 Å². The van der Waals surface area contributed by atoms with Gasteiger partial charge in [-0.1, -0.05) is 35.3 Å². The summed E-state index contributed by atoms with van der Waals surface area (Å²) in [4.78, 5) is 16.5. The molecule has 32 heavy (non-hydrogen) atoms. The van der Waals surface area contributed by atoms with Crippen LogP contribution in [-0.4, -0.2) is 27.3 Å². The van der Waals surface area contributed by atoms with E-state index >= 15 is 0 Å². The van der Waals surface area contributed by atoms with Crippen LogP contribution in [-0.2, 0) is 11.4 Å². The number of hydrogen-bond acceptors (Lipinski definition) is 6. The molecule has 0 bridgehead atoms. The number of nitrogens with two attached hydrogens (primary N) is 1. The summed E-state index contributed by atoms with van der Waals surface area (Å²) < 4.78 is 13.4. The summed E-state index contributed by atoms with van der Waals surface area (Å²) in [5.74, 6) is 1.07. The second-order valence-corrected chi connectivity index (χ2v) is 7.95. The Morgan fingerprint density at radius 3 is 2.69 bits per heavy atom. The molecule has 1 aromatic heterocycles. The van der Waals surface area contributed by atoms with Gasteiger partial charge in [-0.2, -0.15) is 10.1 Å². The molecule has 3 N–H and O–H groups in total. The number of amides is 1. The molecular formula is C22H21Cl2N5O3. The van der Waals surface area contributed by atoms with Gasteiger partial charge < -0.3 is 20.5 Å². The predicted octanol–water partition coefficient (Wildman–Crippen LogP) is 4.34. The van der Waals surface area contributed by atoms with E-state index < -0.39 is 11.9 Å². The molecule has 10 heteroatoms. The number of ether oxygens (including phenoxy) is 2. The summed E-state index contributed by atoms with van der Waals surface area (Å²) in [6.45, 7) is 4.38. The van der Waals surface area contributed by atoms with Crippen molar-refractivity contribution in [3.8, 4) is 11.5 Å². The lowest BCUT2D eigenvalue weighted by Gasteiger charge is -2.28. The number of carbonyl (C=O) groups is 1. The fourth-order valence-corrected chi connectivity index (χ4v) is 3.91. The van der Waals surface area contributed by atoms with Gasteiger partial charge in [0.1, 0.15) is 19.0 Å². The lowest BCUT2D eigenvalue weighted by atomic mass is 9.95. The Kier molecular flexibility index (Phi) is 6.25. The highest BCUT2D eigenvalue weighted by atomic mass is 35.5. The fourth-order valence-electron chi connectivity index (χ4n) is 3.59. The van der Waals surface area contributed by atoms with E-state index in [1.54, 1.807) is 29.8 Å². The van der Waals surface area contributed by atoms with Gasteiger partial charge in [-0.25, -0.2) is 4.68 Å². The molecule has 0 saturated heterocycles. The standard InChI is InChI=1S/C22H21Cl2N5O3/c1-3-31-18-9-14(5-7-17(18)32-10-13-4-6-15(23)16(24)8-13)20-19(21(25)30)12(2)28-22-26-11-27-29(20)22/h4-9,11,20H,3,10H2,1-2H3,(H2,25,30)(H,26,27,28). The van der Waals surface area contributed by atoms with Crippen LogP contribution in [0, 0.1) is 0 Å². The largest absolute Gasteiger partial charge is 0.490 e. The van der Waals surface area contributed by atoms with E-state index in [4.69, 9.17) is 38.4 Å². The summed E-state index contributed by atoms with van der Waals surface area (Å²) in [7, 11) is 0. The van der Waals surface area contributed by atoms with E-state index in [-0.39, 0.29) is 6.61 Å². The maximum atomic E-state index is 12.3. The van der Waals surface area contributed by atoms with E-state index in [2.05, 4.69) is 15.4 Å². The van der Waals surface area contributed by atoms with Crippen LogP contribution in [0.25, 0.3) is 0 Å². The minimum Gasteiger partial charge on any atom is -0.490 e. The van der Waals surface area contributed by atoms with Gasteiger partial charge in [0.15, 0.2) is 11.5 Å². The number of allylic oxidation sites excluding steroid dienone is 1. The zero-order chi connectivity index (χ0) is 22.8. The molecule has 0 aliphatic carbocycles. The molecular weight excluding hydrogens is 453 g/mol. The zero-order valence-electron chi connectivity index (χ0n) is 17.4. The van der Waals surface area contributed by atoms with Gasteiger partial charge in [-0.15, -0.1) is 0 Å². The Morgan fingerprint density at radius 2 is 1.97 bits per heavy atom. The summed E-state index contributed by atoms with van der Waals surface area (Å²) in [5, 5.41) is 8.28. The molecule has 0 saturated carbocycles. The van der Waals surface area contributed by atoms with Crippen molar-refractivity contribution in [3.63, 3.8) is 0 Å². The fraction of sp³-hybridized carbons (Fsp3) is 0.227. The van der Waals surface area contributed by atoms with E-state index in [1.165, 1.54) is 6.33 Å². The number of carbonyl (C=O) groups excluding carboxylic acids is 1. The van der Waals surface area contributed by atoms with Crippen molar-refractivity contribution in [3.05, 3.63) is 75.2 Å². The normalized spacial score (nSPS) is 15.2. The molecule has 1 unspecified atom stereocenters. The monoisotopic (exact) mass is 473 g/mol. The zero-order valence-corrected chi connectivity index (χ0v) is 18.9. The van der Waals surface area contributed by atoms with Crippen molar-refractivity contribution in [2.45, 2.75) is 26.5 Å². The summed E-state index contributed by atoms with van der Waals surface area (Å²) in [6.07, 6.45) is 1.42. The highest BCUT2D eigenvalue weighted by Crippen LogP contribution is 2.38. The van der Waals surface area contributed by atoms with Crippen LogP contribution < -0.4 is 20.5 Å². The van der Waals surface area contributed by atoms with Crippen molar-refractivity contribution in [1.82, 2.24) is 14.8 Å². The average Bonchev–Trinajstić information content (AvgIpc) is 3.22. The Hall–Kier alpha value is -3.23. The quantitative estimate of drug-likeness (QED) is 0.528. The van der Waals surface area contributed by atoms with Gasteiger partial charge in [0, 0.05) is 5.70 Å². The van der Waals surface area contributed by atoms with Crippen LogP contribution >= 0.6 is 23.2 Å². The molecule has 0 fully saturated rings. The number of rotatable bonds is 7. The molecule has 2 aromatic carbocycles. The number of primary amides is 1. The SMILES string of the molecule is CCOc1cc(C2C(C(N)=O)=C(C)Nc3ncnn32)ccc1OCc1ccc(Cl)c(Cl)c1. The van der Waals surface area contributed by atoms with Crippen molar-refractivity contribution >= 4 is 35.1 Å². The van der Waals surface area contributed by atoms with Gasteiger partial charge in [0.05, 0.1) is 22.2 Å². The number of hydrogen-bond donors (Lipinski definition) is 2. The first-order chi connectivity index (χ1) is 15.4. The van der Waals surface area contributed by atoms with Crippen LogP contribution in [0.1, 0.15) is 31.0 Å². The Labute approximate surface area is 194 Å². The van der Waals surface area contributed by atoms with Gasteiger partial charge in [-0.05, 0) is 49.2 Å². The Morgan fingerprint density at radius 1 is 1.16 bits per heavy atom. The number of aromatic nitrogens is 3. The van der Waals surface area contributed by atoms with Crippen LogP contribution in [0.3, 0.4) is 0 Å². The Bertz CT molecular complexity index is 1210. The number of halogens is 2. The minimum absolute atomic E-state index is 0.280. The second-order valence-electron chi connectivity index (χ2n) is 7.13. The molecule has 2 heterocycles. The molecule has 1 atom stereocenters. The van der Waals surface area contributed by atoms with Crippen LogP contribution in [0.2, 0.25) is 10.0 Å². The third-order valence-corrected chi connectivity index (χ3v) is 5.76. The van der Waals surface area contributed by atoms with Gasteiger partial charge >= 0.3 is 0 Å². The summed E-state index contributed by atoms with van der Waals surface area (Å²) in [5.41, 5.74) is 8.35. The van der Waals surface area contributed by atoms with Crippen molar-refractivity contribution in [2.75, 3.05) is 11.9 Å². The molecule has 0 radical (unpaired) electrons. The van der Waals surface area contributed by atoms with Crippen molar-refractivity contribution in [1.29, 1.82) is 0 Å². The van der Waals surface area contributed by atoms with Crippen LogP contribution in [0.5, 0.6) is 11.5 Å². The number of nitrogens with zero attached hydrogens (tertiary/aromatic N) is 3. The highest BCUT2D eigenvalue weighted by molar-refractivity contribution is 6.42. The molecule has 1 aliphatic rings. The number of anilines is 1. The molecule has 0 spiro atoms. The summed E-state index contributed by atoms with van der Waals surface area (Å²) in [6, 6.07) is 10.3. The molecule has 3 aromatic rings. The van der Waals surface area contributed by atoms with E-state index in [9.17, 15) is 4.79 Å². The van der Waals surface area contributed by atoms with Crippen molar-refractivity contribution < 1.29 is 14.3 Å². The van der Waals surface area contributed by atoms with E-state index in [0.29, 0.717) is 45.4 Å². The van der Waals surface area contributed by atoms with Gasteiger partial charge in [0.2, 0.25) is 11.9 Å². The molecule has 8 nitrogen and oxygen atoms in total. The lowest BCUT2D eigenvalue weighted by Crippen LogP contribution is -2.31. The molecule has 166 valence electrons. The van der Waals surface area contributed by atoms with Gasteiger partial charge in [-0.3, -0.25) is 4.79 Å². The van der Waals surface area contributed by atoms with E-state index in [0.717, 1.165) is 11.1 Å². The second kappa shape index (κ2) is 9.10. The summed E-state index contributed by atoms with van der Waals surface area (Å²) >= 11 is 12.1. The maximum absolute atomic E-state index is 12.3. The number of nitrogens with one attached hydrogen (secondary N) is 1. The van der Waals surface area contributed by atoms with E-state index in [1.807, 2.05) is 25.1 Å². The lowest BCUT2D eigenvalue weighted by molar-refractivity contribution is -0.115. The average molecular weight is 474 g/mol. The minimum atomic E-state index is -0.547. The maximum Gasteiger partial charge on any atom is 0.248 e. The van der Waals surface area contributed by atoms with Crippen LogP contribution in [0.15, 0.2) is 54.0 Å². The first kappa shape index (κ1) is 22.0. The molecule has 4 rings (SSSR count).